The summed E-state index contributed by atoms with van der Waals surface area (Å²) in [7, 11) is 0. The summed E-state index contributed by atoms with van der Waals surface area (Å²) in [6.07, 6.45) is 6.61. The fourth-order valence-electron chi connectivity index (χ4n) is 5.06. The average Bonchev–Trinajstić information content (AvgIpc) is 2.48. The van der Waals surface area contributed by atoms with E-state index in [-0.39, 0.29) is 17.8 Å². The van der Waals surface area contributed by atoms with Crippen LogP contribution in [-0.2, 0) is 9.53 Å². The van der Waals surface area contributed by atoms with E-state index in [1.165, 1.54) is 6.92 Å². The molecule has 0 aromatic heterocycles. The Morgan fingerprint density at radius 1 is 1.11 bits per heavy atom. The van der Waals surface area contributed by atoms with Crippen molar-refractivity contribution in [1.29, 1.82) is 0 Å². The number of carbonyl (C=O) groups excluding carboxylic acids is 1. The number of hydrogen-bond acceptors (Lipinski definition) is 4. The summed E-state index contributed by atoms with van der Waals surface area (Å²) in [6.45, 7) is 1.45. The second kappa shape index (κ2) is 4.45. The maximum Gasteiger partial charge on any atom is 0.303 e. The van der Waals surface area contributed by atoms with Gasteiger partial charge in [0, 0.05) is 18.8 Å². The third-order valence-corrected chi connectivity index (χ3v) is 5.69. The van der Waals surface area contributed by atoms with Crippen molar-refractivity contribution in [3.63, 3.8) is 0 Å². The molecule has 3 saturated carbocycles. The van der Waals surface area contributed by atoms with Crippen molar-refractivity contribution in [2.75, 3.05) is 0 Å². The minimum absolute atomic E-state index is 0.0734. The Balaban J connectivity index is 1.95. The number of ether oxygens (including phenoxy) is 1. The highest BCUT2D eigenvalue weighted by atomic mass is 16.6. The van der Waals surface area contributed by atoms with Crippen LogP contribution in [0.2, 0.25) is 0 Å². The van der Waals surface area contributed by atoms with E-state index in [2.05, 4.69) is 0 Å². The molecule has 3 rings (SSSR count). The number of fused-ring (bicyclic) bond motifs is 4. The lowest BCUT2D eigenvalue weighted by Gasteiger charge is -2.67. The summed E-state index contributed by atoms with van der Waals surface area (Å²) in [5, 5.41) is 21.3. The molecule has 3 aliphatic carbocycles. The van der Waals surface area contributed by atoms with E-state index >= 15 is 0 Å². The van der Waals surface area contributed by atoms with Crippen LogP contribution in [0.25, 0.3) is 0 Å². The quantitative estimate of drug-likeness (QED) is 0.711. The third kappa shape index (κ3) is 1.69. The molecule has 2 N–H and O–H groups in total. The lowest BCUT2D eigenvalue weighted by atomic mass is 9.44. The summed E-state index contributed by atoms with van der Waals surface area (Å²) in [5.74, 6) is -0.407. The third-order valence-electron chi connectivity index (χ3n) is 5.69. The van der Waals surface area contributed by atoms with Crippen LogP contribution in [0.5, 0.6) is 0 Å². The van der Waals surface area contributed by atoms with Crippen LogP contribution in [0.4, 0.5) is 0 Å². The van der Waals surface area contributed by atoms with Gasteiger partial charge in [-0.2, -0.15) is 0 Å². The van der Waals surface area contributed by atoms with Gasteiger partial charge in [-0.05, 0) is 32.1 Å². The van der Waals surface area contributed by atoms with Gasteiger partial charge in [0.25, 0.3) is 0 Å². The first-order chi connectivity index (χ1) is 9.02. The minimum atomic E-state index is -1.02. The van der Waals surface area contributed by atoms with Gasteiger partial charge in [0.15, 0.2) is 0 Å². The average molecular weight is 268 g/mol. The van der Waals surface area contributed by atoms with Gasteiger partial charge in [0.05, 0.1) is 6.10 Å². The molecule has 0 heterocycles. The molecule has 0 amide bonds. The second-order valence-electron chi connectivity index (χ2n) is 6.59. The van der Waals surface area contributed by atoms with Gasteiger partial charge in [-0.15, -0.1) is 0 Å². The molecule has 3 aliphatic rings. The Morgan fingerprint density at radius 2 is 1.68 bits per heavy atom. The highest BCUT2D eigenvalue weighted by Crippen LogP contribution is 2.64. The van der Waals surface area contributed by atoms with Crippen molar-refractivity contribution < 1.29 is 19.7 Å². The van der Waals surface area contributed by atoms with Gasteiger partial charge in [-0.25, -0.2) is 0 Å². The SMILES string of the molecule is CC(=O)O[C@@]12CCCC[C@H]1[C@@]1(O)[C@H](O)CCCC[C@@H]21. The van der Waals surface area contributed by atoms with E-state index in [1.54, 1.807) is 0 Å². The molecule has 5 atom stereocenters. The van der Waals surface area contributed by atoms with Crippen molar-refractivity contribution in [3.05, 3.63) is 0 Å². The normalized spacial score (nSPS) is 49.3. The van der Waals surface area contributed by atoms with Crippen LogP contribution in [0.1, 0.15) is 58.3 Å². The van der Waals surface area contributed by atoms with Crippen molar-refractivity contribution in [3.8, 4) is 0 Å². The van der Waals surface area contributed by atoms with E-state index < -0.39 is 17.3 Å². The van der Waals surface area contributed by atoms with Gasteiger partial charge < -0.3 is 14.9 Å². The molecular formula is C15H24O4. The van der Waals surface area contributed by atoms with Gasteiger partial charge in [-0.1, -0.05) is 19.3 Å². The lowest BCUT2D eigenvalue weighted by molar-refractivity contribution is -0.333. The zero-order chi connectivity index (χ0) is 13.7. The molecule has 0 aromatic rings. The molecule has 19 heavy (non-hydrogen) atoms. The number of carbonyl (C=O) groups is 1. The van der Waals surface area contributed by atoms with E-state index in [4.69, 9.17) is 4.74 Å². The largest absolute Gasteiger partial charge is 0.458 e. The summed E-state index contributed by atoms with van der Waals surface area (Å²) in [5.41, 5.74) is -1.52. The Labute approximate surface area is 114 Å². The van der Waals surface area contributed by atoms with E-state index in [1.807, 2.05) is 0 Å². The van der Waals surface area contributed by atoms with Gasteiger partial charge in [-0.3, -0.25) is 4.79 Å². The van der Waals surface area contributed by atoms with E-state index in [0.29, 0.717) is 6.42 Å². The molecule has 0 bridgehead atoms. The second-order valence-corrected chi connectivity index (χ2v) is 6.59. The Morgan fingerprint density at radius 3 is 2.32 bits per heavy atom. The predicted molar refractivity (Wildman–Crippen MR) is 69.4 cm³/mol. The Kier molecular flexibility index (Phi) is 3.13. The van der Waals surface area contributed by atoms with Crippen LogP contribution in [0.15, 0.2) is 0 Å². The van der Waals surface area contributed by atoms with Crippen LogP contribution in [-0.4, -0.2) is 33.5 Å². The van der Waals surface area contributed by atoms with Crippen LogP contribution < -0.4 is 0 Å². The molecule has 108 valence electrons. The first-order valence-electron chi connectivity index (χ1n) is 7.62. The molecule has 0 aliphatic heterocycles. The Hall–Kier alpha value is -0.610. The number of rotatable bonds is 1. The molecule has 0 saturated heterocycles. The number of aliphatic hydroxyl groups is 2. The van der Waals surface area contributed by atoms with Crippen molar-refractivity contribution >= 4 is 5.97 Å². The lowest BCUT2D eigenvalue weighted by Crippen LogP contribution is -2.79. The first kappa shape index (κ1) is 13.4. The highest BCUT2D eigenvalue weighted by Gasteiger charge is 2.74. The van der Waals surface area contributed by atoms with Crippen molar-refractivity contribution in [1.82, 2.24) is 0 Å². The maximum absolute atomic E-state index is 11.5. The standard InChI is InChI=1S/C15H24O4/c1-10(16)19-14-9-5-4-7-12(14)15(18)11(14)6-2-3-8-13(15)17/h11-13,17-18H,2-9H2,1H3/t11-,12+,13+,14+,15+/m0/s1. The molecule has 3 fully saturated rings. The molecule has 0 radical (unpaired) electrons. The summed E-state index contributed by atoms with van der Waals surface area (Å²) >= 11 is 0. The molecule has 0 spiro atoms. The fourth-order valence-corrected chi connectivity index (χ4v) is 5.06. The number of aliphatic hydroxyl groups excluding tert-OH is 1. The molecule has 0 unspecified atom stereocenters. The number of hydrogen-bond donors (Lipinski definition) is 2. The topological polar surface area (TPSA) is 66.8 Å². The van der Waals surface area contributed by atoms with E-state index in [9.17, 15) is 15.0 Å². The van der Waals surface area contributed by atoms with Gasteiger partial charge in [0.1, 0.15) is 11.2 Å². The summed E-state index contributed by atoms with van der Waals surface area (Å²) in [4.78, 5) is 11.5. The smallest absolute Gasteiger partial charge is 0.303 e. The predicted octanol–water partition coefficient (Wildman–Crippen LogP) is 1.77. The molecule has 4 heteroatoms. The first-order valence-corrected chi connectivity index (χ1v) is 7.62. The molecule has 0 aromatic carbocycles. The summed E-state index contributed by atoms with van der Waals surface area (Å²) < 4.78 is 5.71. The van der Waals surface area contributed by atoms with Crippen LogP contribution >= 0.6 is 0 Å². The summed E-state index contributed by atoms with van der Waals surface area (Å²) in [6, 6.07) is 0. The minimum Gasteiger partial charge on any atom is -0.458 e. The molecule has 4 nitrogen and oxygen atoms in total. The van der Waals surface area contributed by atoms with Crippen LogP contribution in [0.3, 0.4) is 0 Å². The fraction of sp³-hybridized carbons (Fsp3) is 0.933. The van der Waals surface area contributed by atoms with Gasteiger partial charge in [0.2, 0.25) is 0 Å². The Bertz CT molecular complexity index is 382. The zero-order valence-electron chi connectivity index (χ0n) is 11.6. The van der Waals surface area contributed by atoms with Crippen LogP contribution in [0, 0.1) is 11.8 Å². The highest BCUT2D eigenvalue weighted by molar-refractivity contribution is 5.67. The van der Waals surface area contributed by atoms with Gasteiger partial charge >= 0.3 is 5.97 Å². The number of esters is 1. The van der Waals surface area contributed by atoms with Crippen molar-refractivity contribution in [2.24, 2.45) is 11.8 Å². The zero-order valence-corrected chi connectivity index (χ0v) is 11.6. The van der Waals surface area contributed by atoms with Crippen molar-refractivity contribution in [2.45, 2.75) is 75.6 Å². The monoisotopic (exact) mass is 268 g/mol. The maximum atomic E-state index is 11.5. The van der Waals surface area contributed by atoms with E-state index in [0.717, 1.165) is 44.9 Å². The molecular weight excluding hydrogens is 244 g/mol.